The number of amides is 2. The fraction of sp³-hybridized carbons (Fsp3) is 0.556. The number of nitrogens with one attached hydrogen (secondary N) is 2. The van der Waals surface area contributed by atoms with E-state index in [4.69, 9.17) is 4.74 Å². The van der Waals surface area contributed by atoms with Gasteiger partial charge in [-0.25, -0.2) is 13.1 Å². The third kappa shape index (κ3) is 5.70. The van der Waals surface area contributed by atoms with Crippen LogP contribution in [0.5, 0.6) is 5.75 Å². The lowest BCUT2D eigenvalue weighted by Gasteiger charge is -2.47. The Balaban J connectivity index is 1.27. The van der Waals surface area contributed by atoms with Gasteiger partial charge in [0.25, 0.3) is 5.91 Å². The molecule has 9 nitrogen and oxygen atoms in total. The first-order chi connectivity index (χ1) is 23.4. The second-order valence-corrected chi connectivity index (χ2v) is 16.5. The summed E-state index contributed by atoms with van der Waals surface area (Å²) in [6.07, 6.45) is 1.86. The van der Waals surface area contributed by atoms with E-state index in [1.165, 1.54) is 5.56 Å². The van der Waals surface area contributed by atoms with Gasteiger partial charge in [-0.1, -0.05) is 25.3 Å². The molecule has 4 atom stereocenters. The van der Waals surface area contributed by atoms with E-state index >= 15 is 0 Å². The molecule has 0 radical (unpaired) electrons. The van der Waals surface area contributed by atoms with Crippen molar-refractivity contribution in [1.29, 1.82) is 0 Å². The van der Waals surface area contributed by atoms with E-state index in [1.54, 1.807) is 19.2 Å². The normalized spacial score (nSPS) is 26.4. The molecule has 2 aliphatic carbocycles. The number of nitrogens with zero attached hydrogens (tertiary/aromatic N) is 2. The summed E-state index contributed by atoms with van der Waals surface area (Å²) in [7, 11) is -2.89. The number of fused-ring (bicyclic) bond motifs is 10. The fourth-order valence-electron chi connectivity index (χ4n) is 9.17. The molecule has 49 heavy (non-hydrogen) atoms. The van der Waals surface area contributed by atoms with E-state index in [1.807, 2.05) is 16.9 Å². The highest BCUT2D eigenvalue weighted by Crippen LogP contribution is 2.66. The Labute approximate surface area is 283 Å². The largest absolute Gasteiger partial charge is 0.497 e. The summed E-state index contributed by atoms with van der Waals surface area (Å²) in [5, 5.41) is 4.50. The smallest absolute Gasteiger partial charge is 0.390 e. The highest BCUT2D eigenvalue weighted by atomic mass is 32.2. The predicted molar refractivity (Wildman–Crippen MR) is 178 cm³/mol. The minimum Gasteiger partial charge on any atom is -0.497 e. The lowest BCUT2D eigenvalue weighted by molar-refractivity contribution is -0.144. The van der Waals surface area contributed by atoms with Crippen LogP contribution in [0.15, 0.2) is 36.4 Å². The van der Waals surface area contributed by atoms with Gasteiger partial charge in [0, 0.05) is 59.7 Å². The van der Waals surface area contributed by atoms with Gasteiger partial charge in [-0.2, -0.15) is 13.2 Å². The quantitative estimate of drug-likeness (QED) is 0.322. The molecular weight excluding hydrogens is 657 g/mol. The molecular formula is C36H41F3N4O5S. The van der Waals surface area contributed by atoms with Crippen LogP contribution in [0.1, 0.15) is 91.1 Å². The predicted octanol–water partition coefficient (Wildman–Crippen LogP) is 5.83. The van der Waals surface area contributed by atoms with E-state index < -0.39 is 39.7 Å². The van der Waals surface area contributed by atoms with Crippen molar-refractivity contribution in [1.82, 2.24) is 19.5 Å². The zero-order valence-electron chi connectivity index (χ0n) is 27.4. The van der Waals surface area contributed by atoms with Crippen molar-refractivity contribution >= 4 is 32.7 Å². The lowest BCUT2D eigenvalue weighted by atomic mass is 9.81. The monoisotopic (exact) mass is 698 g/mol. The Morgan fingerprint density at radius 2 is 1.86 bits per heavy atom. The van der Waals surface area contributed by atoms with Crippen molar-refractivity contribution in [2.75, 3.05) is 26.0 Å². The van der Waals surface area contributed by atoms with Crippen LogP contribution in [0.25, 0.3) is 22.2 Å². The SMILES string of the molecule is COc1ccc2c(c1)C1CC1(C(=O)N1CC3CCC1CN3)Cn1c-2c(C2CCCCC2)c2ccc(C(=O)NS(=O)(=O)CCC(F)(F)F)cc21. The Morgan fingerprint density at radius 1 is 1.06 bits per heavy atom. The van der Waals surface area contributed by atoms with Gasteiger partial charge in [-0.3, -0.25) is 9.59 Å². The van der Waals surface area contributed by atoms with Crippen LogP contribution in [0, 0.1) is 5.41 Å². The zero-order valence-corrected chi connectivity index (χ0v) is 28.3. The molecule has 2 saturated carbocycles. The number of carbonyl (C=O) groups excluding carboxylic acids is 2. The van der Waals surface area contributed by atoms with Gasteiger partial charge in [-0.05, 0) is 79.5 Å². The van der Waals surface area contributed by atoms with Crippen molar-refractivity contribution in [3.05, 3.63) is 53.1 Å². The Bertz CT molecular complexity index is 1950. The second-order valence-electron chi connectivity index (χ2n) is 14.7. The number of hydrogen-bond donors (Lipinski definition) is 2. The van der Waals surface area contributed by atoms with Gasteiger partial charge in [0.05, 0.1) is 30.4 Å². The van der Waals surface area contributed by atoms with Crippen LogP contribution in [0.4, 0.5) is 13.2 Å². The van der Waals surface area contributed by atoms with Crippen LogP contribution < -0.4 is 14.8 Å². The van der Waals surface area contributed by atoms with E-state index in [-0.39, 0.29) is 35.4 Å². The first-order valence-corrected chi connectivity index (χ1v) is 19.0. The van der Waals surface area contributed by atoms with Gasteiger partial charge in [0.15, 0.2) is 0 Å². The maximum absolute atomic E-state index is 14.8. The molecule has 2 aromatic carbocycles. The molecule has 3 aromatic rings. The number of hydrogen-bond acceptors (Lipinski definition) is 6. The van der Waals surface area contributed by atoms with Crippen molar-refractivity contribution < 1.29 is 35.9 Å². The highest BCUT2D eigenvalue weighted by Gasteiger charge is 2.64. The van der Waals surface area contributed by atoms with Crippen molar-refractivity contribution in [3.8, 4) is 17.0 Å². The van der Waals surface area contributed by atoms with Gasteiger partial charge in [0.2, 0.25) is 15.9 Å². The molecule has 1 aromatic heterocycles. The van der Waals surface area contributed by atoms with Gasteiger partial charge in [-0.15, -0.1) is 0 Å². The molecule has 262 valence electrons. The minimum absolute atomic E-state index is 0.0158. The molecule has 6 aliphatic rings. The Hall–Kier alpha value is -3.58. The summed E-state index contributed by atoms with van der Waals surface area (Å²) in [5.74, 6) is -1.10. The van der Waals surface area contributed by atoms with E-state index in [0.717, 1.165) is 85.0 Å². The van der Waals surface area contributed by atoms with E-state index in [9.17, 15) is 31.2 Å². The van der Waals surface area contributed by atoms with Crippen molar-refractivity contribution in [3.63, 3.8) is 0 Å². The van der Waals surface area contributed by atoms with Crippen molar-refractivity contribution in [2.24, 2.45) is 5.41 Å². The summed E-state index contributed by atoms with van der Waals surface area (Å²) in [6.45, 7) is 1.88. The van der Waals surface area contributed by atoms with Crippen LogP contribution >= 0.6 is 0 Å². The third-order valence-electron chi connectivity index (χ3n) is 11.7. The summed E-state index contributed by atoms with van der Waals surface area (Å²) >= 11 is 0. The topological polar surface area (TPSA) is 110 Å². The molecule has 2 bridgehead atoms. The third-order valence-corrected chi connectivity index (χ3v) is 13.0. The number of halogens is 3. The molecule has 3 saturated heterocycles. The van der Waals surface area contributed by atoms with Crippen LogP contribution in [0.2, 0.25) is 0 Å². The number of sulfonamides is 1. The van der Waals surface area contributed by atoms with E-state index in [0.29, 0.717) is 19.5 Å². The molecule has 2 amide bonds. The van der Waals surface area contributed by atoms with Gasteiger partial charge in [0.1, 0.15) is 5.75 Å². The summed E-state index contributed by atoms with van der Waals surface area (Å²) < 4.78 is 73.0. The van der Waals surface area contributed by atoms with Gasteiger partial charge < -0.3 is 19.5 Å². The maximum atomic E-state index is 14.8. The number of benzene rings is 2. The van der Waals surface area contributed by atoms with Crippen LogP contribution in [-0.4, -0.2) is 73.9 Å². The molecule has 4 unspecified atom stereocenters. The standard InChI is InChI=1S/C36H41F3N4O5S/c1-48-25-10-12-26-28(16-25)29-17-35(29,34(45)42-19-23-8-9-24(42)18-40-23)20-43-30-15-22(33(44)41-49(46,47)14-13-36(37,38)39)7-11-27(30)31(32(26)43)21-5-3-2-4-6-21/h7,10-12,15-16,21,23-24,29,40H,2-6,8-9,13-14,17-20H2,1H3,(H,41,44). The second kappa shape index (κ2) is 11.8. The Kier molecular flexibility index (Phi) is 7.82. The van der Waals surface area contributed by atoms with Crippen molar-refractivity contribution in [2.45, 2.75) is 94.4 Å². The average molecular weight is 699 g/mol. The molecule has 4 aliphatic heterocycles. The number of rotatable bonds is 7. The number of piperidine rings is 2. The fourth-order valence-corrected chi connectivity index (χ4v) is 10.2. The molecule has 2 N–H and O–H groups in total. The highest BCUT2D eigenvalue weighted by molar-refractivity contribution is 7.90. The number of alkyl halides is 3. The average Bonchev–Trinajstić information content (AvgIpc) is 3.77. The lowest BCUT2D eigenvalue weighted by Crippen LogP contribution is -2.63. The van der Waals surface area contributed by atoms with Gasteiger partial charge >= 0.3 is 6.18 Å². The molecule has 5 fully saturated rings. The Morgan fingerprint density at radius 3 is 2.53 bits per heavy atom. The summed E-state index contributed by atoms with van der Waals surface area (Å²) in [4.78, 5) is 30.2. The molecule has 9 rings (SSSR count). The number of piperazine rings is 1. The number of methoxy groups -OCH3 is 1. The number of aromatic nitrogens is 1. The summed E-state index contributed by atoms with van der Waals surface area (Å²) in [5.41, 5.74) is 4.38. The van der Waals surface area contributed by atoms with Crippen LogP contribution in [0.3, 0.4) is 0 Å². The first-order valence-electron chi connectivity index (χ1n) is 17.4. The molecule has 5 heterocycles. The number of carbonyl (C=O) groups is 2. The zero-order chi connectivity index (χ0) is 34.3. The minimum atomic E-state index is -4.67. The maximum Gasteiger partial charge on any atom is 0.390 e. The molecule has 13 heteroatoms. The van der Waals surface area contributed by atoms with E-state index in [2.05, 4.69) is 26.9 Å². The number of ether oxygens (including phenoxy) is 1. The van der Waals surface area contributed by atoms with Crippen LogP contribution in [-0.2, 0) is 21.4 Å². The molecule has 0 spiro atoms. The summed E-state index contributed by atoms with van der Waals surface area (Å²) in [6, 6.07) is 11.6. The first kappa shape index (κ1) is 32.6.